The second-order valence-electron chi connectivity index (χ2n) is 6.07. The van der Waals surface area contributed by atoms with Crippen molar-refractivity contribution in [2.45, 2.75) is 19.8 Å². The van der Waals surface area contributed by atoms with Crippen molar-refractivity contribution in [3.63, 3.8) is 0 Å². The van der Waals surface area contributed by atoms with Gasteiger partial charge in [-0.1, -0.05) is 30.2 Å². The van der Waals surface area contributed by atoms with Gasteiger partial charge < -0.3 is 15.0 Å². The van der Waals surface area contributed by atoms with Crippen LogP contribution in [0.5, 0.6) is 5.75 Å². The fraction of sp³-hybridized carbons (Fsp3) is 0.273. The van der Waals surface area contributed by atoms with Crippen molar-refractivity contribution in [3.8, 4) is 18.1 Å². The minimum atomic E-state index is -0.245. The number of rotatable bonds is 8. The molecule has 0 aliphatic heterocycles. The number of para-hydroxylation sites is 1. The maximum absolute atomic E-state index is 12.7. The van der Waals surface area contributed by atoms with Gasteiger partial charge in [0, 0.05) is 24.7 Å². The van der Waals surface area contributed by atoms with Gasteiger partial charge in [-0.25, -0.2) is 0 Å². The molecule has 0 saturated carbocycles. The number of benzene rings is 2. The van der Waals surface area contributed by atoms with Crippen LogP contribution in [-0.2, 0) is 9.59 Å². The van der Waals surface area contributed by atoms with Crippen molar-refractivity contribution in [2.24, 2.45) is 0 Å². The van der Waals surface area contributed by atoms with E-state index in [1.54, 1.807) is 31.3 Å². The molecule has 0 saturated heterocycles. The number of nitrogens with zero attached hydrogens (tertiary/aromatic N) is 1. The Kier molecular flexibility index (Phi) is 7.45. The average Bonchev–Trinajstić information content (AvgIpc) is 2.70. The summed E-state index contributed by atoms with van der Waals surface area (Å²) in [5.74, 6) is 2.96. The number of hydrogen-bond donors (Lipinski definition) is 1. The molecule has 0 aliphatic rings. The number of terminal acetylenes is 1. The number of anilines is 1. The first-order valence-corrected chi connectivity index (χ1v) is 8.81. The Labute approximate surface area is 160 Å². The molecule has 0 heterocycles. The highest BCUT2D eigenvalue weighted by atomic mass is 16.5. The zero-order valence-electron chi connectivity index (χ0n) is 15.7. The first-order chi connectivity index (χ1) is 13.0. The minimum Gasteiger partial charge on any atom is -0.493 e. The number of hydrogen-bond acceptors (Lipinski definition) is 3. The Morgan fingerprint density at radius 1 is 1.19 bits per heavy atom. The molecule has 1 N–H and O–H groups in total. The predicted molar refractivity (Wildman–Crippen MR) is 107 cm³/mol. The second-order valence-corrected chi connectivity index (χ2v) is 6.07. The number of aryl methyl sites for hydroxylation is 1. The number of likely N-dealkylation sites (N-methyl/N-ethyl adjacent to an activating group) is 1. The largest absolute Gasteiger partial charge is 0.493 e. The molecular weight excluding hydrogens is 340 g/mol. The van der Waals surface area contributed by atoms with E-state index in [0.29, 0.717) is 24.3 Å². The summed E-state index contributed by atoms with van der Waals surface area (Å²) in [4.78, 5) is 26.0. The van der Waals surface area contributed by atoms with Gasteiger partial charge in [-0.3, -0.25) is 9.59 Å². The molecule has 0 bridgehead atoms. The number of nitrogens with one attached hydrogen (secondary N) is 1. The molecule has 2 aromatic rings. The molecule has 0 atom stereocenters. The smallest absolute Gasteiger partial charge is 0.239 e. The maximum atomic E-state index is 12.7. The summed E-state index contributed by atoms with van der Waals surface area (Å²) in [6.45, 7) is 2.35. The van der Waals surface area contributed by atoms with Crippen LogP contribution in [0.1, 0.15) is 24.0 Å². The van der Waals surface area contributed by atoms with E-state index in [9.17, 15) is 9.59 Å². The summed E-state index contributed by atoms with van der Waals surface area (Å²) in [5, 5.41) is 2.55. The van der Waals surface area contributed by atoms with Crippen LogP contribution < -0.4 is 15.0 Å². The Morgan fingerprint density at radius 3 is 2.67 bits per heavy atom. The molecule has 0 radical (unpaired) electrons. The van der Waals surface area contributed by atoms with E-state index in [1.807, 2.05) is 31.2 Å². The van der Waals surface area contributed by atoms with E-state index in [2.05, 4.69) is 11.2 Å². The molecule has 0 unspecified atom stereocenters. The van der Waals surface area contributed by atoms with E-state index in [4.69, 9.17) is 11.2 Å². The van der Waals surface area contributed by atoms with Crippen molar-refractivity contribution >= 4 is 17.5 Å². The summed E-state index contributed by atoms with van der Waals surface area (Å²) < 4.78 is 5.73. The normalized spacial score (nSPS) is 9.96. The highest BCUT2D eigenvalue weighted by Crippen LogP contribution is 2.19. The molecule has 0 spiro atoms. The molecule has 0 fully saturated rings. The van der Waals surface area contributed by atoms with Gasteiger partial charge in [-0.05, 0) is 43.2 Å². The lowest BCUT2D eigenvalue weighted by Gasteiger charge is -2.22. The topological polar surface area (TPSA) is 58.6 Å². The van der Waals surface area contributed by atoms with Gasteiger partial charge in [0.15, 0.2) is 0 Å². The third kappa shape index (κ3) is 5.89. The second kappa shape index (κ2) is 10.0. The van der Waals surface area contributed by atoms with Crippen molar-refractivity contribution in [1.82, 2.24) is 5.32 Å². The molecule has 27 heavy (non-hydrogen) atoms. The molecule has 2 amide bonds. The van der Waals surface area contributed by atoms with Gasteiger partial charge in [0.2, 0.25) is 11.8 Å². The highest BCUT2D eigenvalue weighted by Gasteiger charge is 2.18. The van der Waals surface area contributed by atoms with E-state index >= 15 is 0 Å². The zero-order chi connectivity index (χ0) is 19.6. The van der Waals surface area contributed by atoms with Gasteiger partial charge in [0.1, 0.15) is 12.3 Å². The van der Waals surface area contributed by atoms with Crippen LogP contribution in [0.2, 0.25) is 0 Å². The number of amides is 2. The first-order valence-electron chi connectivity index (χ1n) is 8.81. The lowest BCUT2D eigenvalue weighted by Crippen LogP contribution is -2.39. The van der Waals surface area contributed by atoms with Crippen molar-refractivity contribution < 1.29 is 14.3 Å². The standard InChI is InChI=1S/C22H24N2O3/c1-4-18-10-7-11-19(15-18)24(16-21(25)23-3)22(26)13-8-14-27-20-12-6-5-9-17(20)2/h1,5-7,9-12,15H,8,13-14,16H2,2-3H3,(H,23,25). The van der Waals surface area contributed by atoms with Crippen LogP contribution in [-0.4, -0.2) is 32.0 Å². The van der Waals surface area contributed by atoms with Crippen LogP contribution in [0.15, 0.2) is 48.5 Å². The summed E-state index contributed by atoms with van der Waals surface area (Å²) in [6.07, 6.45) is 6.25. The van der Waals surface area contributed by atoms with Crippen LogP contribution in [0, 0.1) is 19.3 Å². The van der Waals surface area contributed by atoms with Crippen molar-refractivity contribution in [3.05, 3.63) is 59.7 Å². The first kappa shape index (κ1) is 20.1. The van der Waals surface area contributed by atoms with Crippen molar-refractivity contribution in [1.29, 1.82) is 0 Å². The number of carbonyl (C=O) groups excluding carboxylic acids is 2. The Balaban J connectivity index is 2.00. The molecule has 140 valence electrons. The Morgan fingerprint density at radius 2 is 1.96 bits per heavy atom. The summed E-state index contributed by atoms with van der Waals surface area (Å²) in [6, 6.07) is 14.8. The fourth-order valence-corrected chi connectivity index (χ4v) is 2.57. The third-order valence-corrected chi connectivity index (χ3v) is 4.09. The number of carbonyl (C=O) groups is 2. The van der Waals surface area contributed by atoms with Gasteiger partial charge in [0.25, 0.3) is 0 Å². The van der Waals surface area contributed by atoms with E-state index in [0.717, 1.165) is 11.3 Å². The summed E-state index contributed by atoms with van der Waals surface area (Å²) in [5.41, 5.74) is 2.32. The molecule has 2 rings (SSSR count). The fourth-order valence-electron chi connectivity index (χ4n) is 2.57. The van der Waals surface area contributed by atoms with E-state index < -0.39 is 0 Å². The molecule has 5 nitrogen and oxygen atoms in total. The van der Waals surface area contributed by atoms with Crippen LogP contribution in [0.25, 0.3) is 0 Å². The van der Waals surface area contributed by atoms with Crippen LogP contribution in [0.3, 0.4) is 0 Å². The van der Waals surface area contributed by atoms with Crippen molar-refractivity contribution in [2.75, 3.05) is 25.1 Å². The summed E-state index contributed by atoms with van der Waals surface area (Å²) >= 11 is 0. The third-order valence-electron chi connectivity index (χ3n) is 4.09. The molecular formula is C22H24N2O3. The van der Waals surface area contributed by atoms with Crippen LogP contribution in [0.4, 0.5) is 5.69 Å². The SMILES string of the molecule is C#Cc1cccc(N(CC(=O)NC)C(=O)CCCOc2ccccc2C)c1. The lowest BCUT2D eigenvalue weighted by molar-refractivity contribution is -0.123. The van der Waals surface area contributed by atoms with Gasteiger partial charge in [-0.15, -0.1) is 6.42 Å². The molecule has 0 aromatic heterocycles. The zero-order valence-corrected chi connectivity index (χ0v) is 15.7. The Hall–Kier alpha value is -3.26. The van der Waals surface area contributed by atoms with Gasteiger partial charge in [-0.2, -0.15) is 0 Å². The quantitative estimate of drug-likeness (QED) is 0.579. The number of ether oxygens (including phenoxy) is 1. The summed E-state index contributed by atoms with van der Waals surface area (Å²) in [7, 11) is 1.54. The van der Waals surface area contributed by atoms with E-state index in [1.165, 1.54) is 4.90 Å². The van der Waals surface area contributed by atoms with E-state index in [-0.39, 0.29) is 24.8 Å². The molecule has 2 aromatic carbocycles. The van der Waals surface area contributed by atoms with Gasteiger partial charge >= 0.3 is 0 Å². The maximum Gasteiger partial charge on any atom is 0.239 e. The molecule has 5 heteroatoms. The monoisotopic (exact) mass is 364 g/mol. The van der Waals surface area contributed by atoms with Crippen LogP contribution >= 0.6 is 0 Å². The highest BCUT2D eigenvalue weighted by molar-refractivity contribution is 5.98. The predicted octanol–water partition coefficient (Wildman–Crippen LogP) is 2.91. The Bertz CT molecular complexity index is 839. The molecule has 0 aliphatic carbocycles. The average molecular weight is 364 g/mol. The minimum absolute atomic E-state index is 0.0536. The van der Waals surface area contributed by atoms with Gasteiger partial charge in [0.05, 0.1) is 6.61 Å². The lowest BCUT2D eigenvalue weighted by atomic mass is 10.1.